The van der Waals surface area contributed by atoms with Crippen LogP contribution in [0.1, 0.15) is 22.3 Å². The van der Waals surface area contributed by atoms with Crippen LogP contribution in [0.5, 0.6) is 0 Å². The molecule has 2 N–H and O–H groups in total. The van der Waals surface area contributed by atoms with E-state index in [1.54, 1.807) is 4.90 Å². The Hall–Kier alpha value is -1.89. The van der Waals surface area contributed by atoms with Crippen LogP contribution < -0.4 is 5.73 Å². The van der Waals surface area contributed by atoms with Gasteiger partial charge in [0.25, 0.3) is 5.91 Å². The lowest BCUT2D eigenvalue weighted by Gasteiger charge is -2.24. The van der Waals surface area contributed by atoms with Crippen LogP contribution in [0, 0.1) is 0 Å². The normalized spacial score (nSPS) is 15.7. The van der Waals surface area contributed by atoms with Crippen molar-refractivity contribution in [3.63, 3.8) is 0 Å². The molecule has 0 spiro atoms. The SMILES string of the molecule is Cl.N[C@@H](Cc1ccccc1)C(=O)N1CCCN(C(=O)c2ccsc2)CC1. The summed E-state index contributed by atoms with van der Waals surface area (Å²) in [5.41, 5.74) is 7.92. The van der Waals surface area contributed by atoms with Gasteiger partial charge in [0.2, 0.25) is 5.91 Å². The van der Waals surface area contributed by atoms with Crippen molar-refractivity contribution < 1.29 is 9.59 Å². The average Bonchev–Trinajstić information content (AvgIpc) is 3.06. The number of hydrogen-bond acceptors (Lipinski definition) is 4. The highest BCUT2D eigenvalue weighted by Gasteiger charge is 2.26. The van der Waals surface area contributed by atoms with Crippen molar-refractivity contribution in [3.05, 3.63) is 58.3 Å². The van der Waals surface area contributed by atoms with Gasteiger partial charge in [0, 0.05) is 31.6 Å². The van der Waals surface area contributed by atoms with Crippen molar-refractivity contribution >= 4 is 35.6 Å². The number of hydrogen-bond donors (Lipinski definition) is 1. The van der Waals surface area contributed by atoms with Crippen LogP contribution in [0.2, 0.25) is 0 Å². The Bertz CT molecular complexity index is 709. The highest BCUT2D eigenvalue weighted by Crippen LogP contribution is 2.13. The van der Waals surface area contributed by atoms with Crippen LogP contribution in [0.4, 0.5) is 0 Å². The van der Waals surface area contributed by atoms with E-state index in [4.69, 9.17) is 5.73 Å². The second-order valence-electron chi connectivity index (χ2n) is 6.28. The van der Waals surface area contributed by atoms with Gasteiger partial charge in [-0.15, -0.1) is 12.4 Å². The topological polar surface area (TPSA) is 66.6 Å². The lowest BCUT2D eigenvalue weighted by molar-refractivity contribution is -0.132. The van der Waals surface area contributed by atoms with Crippen LogP contribution >= 0.6 is 23.7 Å². The molecule has 5 nitrogen and oxygen atoms in total. The summed E-state index contributed by atoms with van der Waals surface area (Å²) in [6.07, 6.45) is 1.31. The predicted molar refractivity (Wildman–Crippen MR) is 107 cm³/mol. The third kappa shape index (κ3) is 5.06. The summed E-state index contributed by atoms with van der Waals surface area (Å²) in [5, 5.41) is 3.77. The molecule has 2 aromatic rings. The maximum Gasteiger partial charge on any atom is 0.254 e. The first kappa shape index (κ1) is 20.4. The standard InChI is InChI=1S/C19H23N3O2S.ClH/c20-17(13-15-5-2-1-3-6-15)19(24)22-9-4-8-21(10-11-22)18(23)16-7-12-25-14-16;/h1-3,5-7,12,14,17H,4,8-11,13,20H2;1H/t17-;/m0./s1. The first-order valence-corrected chi connectivity index (χ1v) is 9.49. The monoisotopic (exact) mass is 393 g/mol. The summed E-state index contributed by atoms with van der Waals surface area (Å²) in [4.78, 5) is 28.8. The van der Waals surface area contributed by atoms with Crippen molar-refractivity contribution in [2.24, 2.45) is 5.73 Å². The lowest BCUT2D eigenvalue weighted by atomic mass is 10.1. The van der Waals surface area contributed by atoms with Crippen molar-refractivity contribution in [1.82, 2.24) is 9.80 Å². The molecule has 1 saturated heterocycles. The minimum absolute atomic E-state index is 0. The number of halogens is 1. The van der Waals surface area contributed by atoms with E-state index in [-0.39, 0.29) is 24.2 Å². The molecule has 1 atom stereocenters. The molecule has 3 rings (SSSR count). The molecule has 1 fully saturated rings. The number of carbonyl (C=O) groups is 2. The van der Waals surface area contributed by atoms with Crippen molar-refractivity contribution in [2.45, 2.75) is 18.9 Å². The van der Waals surface area contributed by atoms with Gasteiger partial charge >= 0.3 is 0 Å². The molecule has 1 aliphatic heterocycles. The molecule has 26 heavy (non-hydrogen) atoms. The molecule has 0 bridgehead atoms. The van der Waals surface area contributed by atoms with E-state index in [9.17, 15) is 9.59 Å². The second-order valence-corrected chi connectivity index (χ2v) is 7.06. The number of nitrogens with zero attached hydrogens (tertiary/aromatic N) is 2. The summed E-state index contributed by atoms with van der Waals surface area (Å²) < 4.78 is 0. The van der Waals surface area contributed by atoms with Gasteiger partial charge in [-0.3, -0.25) is 9.59 Å². The second kappa shape index (κ2) is 9.71. The van der Waals surface area contributed by atoms with Crippen molar-refractivity contribution in [3.8, 4) is 0 Å². The van der Waals surface area contributed by atoms with E-state index in [1.165, 1.54) is 11.3 Å². The van der Waals surface area contributed by atoms with Gasteiger partial charge < -0.3 is 15.5 Å². The summed E-state index contributed by atoms with van der Waals surface area (Å²) >= 11 is 1.52. The first-order chi connectivity index (χ1) is 12.1. The van der Waals surface area contributed by atoms with Gasteiger partial charge in [-0.2, -0.15) is 11.3 Å². The molecular weight excluding hydrogens is 370 g/mol. The largest absolute Gasteiger partial charge is 0.339 e. The molecule has 0 unspecified atom stereocenters. The van der Waals surface area contributed by atoms with Gasteiger partial charge in [0.15, 0.2) is 0 Å². The Morgan fingerprint density at radius 1 is 1.04 bits per heavy atom. The number of carbonyl (C=O) groups excluding carboxylic acids is 2. The summed E-state index contributed by atoms with van der Waals surface area (Å²) in [5.74, 6) is 0.0119. The smallest absolute Gasteiger partial charge is 0.254 e. The lowest BCUT2D eigenvalue weighted by Crippen LogP contribution is -2.46. The van der Waals surface area contributed by atoms with E-state index in [0.717, 1.165) is 17.5 Å². The van der Waals surface area contributed by atoms with Gasteiger partial charge in [0.05, 0.1) is 11.6 Å². The fourth-order valence-corrected chi connectivity index (χ4v) is 3.73. The molecule has 1 aromatic carbocycles. The minimum atomic E-state index is -0.540. The van der Waals surface area contributed by atoms with Crippen LogP contribution in [-0.4, -0.2) is 53.8 Å². The quantitative estimate of drug-likeness (QED) is 0.867. The summed E-state index contributed by atoms with van der Waals surface area (Å²) in [6, 6.07) is 11.1. The van der Waals surface area contributed by atoms with Crippen LogP contribution in [0.3, 0.4) is 0 Å². The molecule has 140 valence electrons. The predicted octanol–water partition coefficient (Wildman–Crippen LogP) is 2.41. The van der Waals surface area contributed by atoms with Crippen LogP contribution in [0.25, 0.3) is 0 Å². The van der Waals surface area contributed by atoms with Gasteiger partial charge in [-0.05, 0) is 29.9 Å². The number of rotatable bonds is 4. The Balaban J connectivity index is 0.00000243. The zero-order chi connectivity index (χ0) is 17.6. The fraction of sp³-hybridized carbons (Fsp3) is 0.368. The van der Waals surface area contributed by atoms with Crippen LogP contribution in [-0.2, 0) is 11.2 Å². The molecule has 0 saturated carbocycles. The summed E-state index contributed by atoms with van der Waals surface area (Å²) in [6.45, 7) is 2.41. The van der Waals surface area contributed by atoms with E-state index in [0.29, 0.717) is 32.6 Å². The third-order valence-corrected chi connectivity index (χ3v) is 5.16. The molecular formula is C19H24ClN3O2S. The number of amides is 2. The first-order valence-electron chi connectivity index (χ1n) is 8.55. The van der Waals surface area contributed by atoms with Gasteiger partial charge in [0.1, 0.15) is 0 Å². The molecule has 1 aromatic heterocycles. The Morgan fingerprint density at radius 3 is 2.42 bits per heavy atom. The van der Waals surface area contributed by atoms with E-state index in [1.807, 2.05) is 52.1 Å². The molecule has 7 heteroatoms. The van der Waals surface area contributed by atoms with E-state index >= 15 is 0 Å². The number of benzene rings is 1. The fourth-order valence-electron chi connectivity index (χ4n) is 3.10. The Labute approximate surface area is 164 Å². The molecule has 2 heterocycles. The summed E-state index contributed by atoms with van der Waals surface area (Å²) in [7, 11) is 0. The highest BCUT2D eigenvalue weighted by atomic mass is 35.5. The van der Waals surface area contributed by atoms with Crippen molar-refractivity contribution in [1.29, 1.82) is 0 Å². The average molecular weight is 394 g/mol. The molecule has 2 amide bonds. The molecule has 0 radical (unpaired) electrons. The Morgan fingerprint density at radius 2 is 1.73 bits per heavy atom. The number of nitrogens with two attached hydrogens (primary N) is 1. The van der Waals surface area contributed by atoms with Gasteiger partial charge in [-0.1, -0.05) is 30.3 Å². The molecule has 0 aliphatic carbocycles. The third-order valence-electron chi connectivity index (χ3n) is 4.48. The van der Waals surface area contributed by atoms with Crippen LogP contribution in [0.15, 0.2) is 47.2 Å². The zero-order valence-corrected chi connectivity index (χ0v) is 16.2. The zero-order valence-electron chi connectivity index (χ0n) is 14.5. The maximum absolute atomic E-state index is 12.7. The maximum atomic E-state index is 12.7. The van der Waals surface area contributed by atoms with Gasteiger partial charge in [-0.25, -0.2) is 0 Å². The Kier molecular flexibility index (Phi) is 7.63. The number of thiophene rings is 1. The highest BCUT2D eigenvalue weighted by molar-refractivity contribution is 7.08. The molecule has 1 aliphatic rings. The van der Waals surface area contributed by atoms with Crippen molar-refractivity contribution in [2.75, 3.05) is 26.2 Å². The van der Waals surface area contributed by atoms with E-state index in [2.05, 4.69) is 0 Å². The van der Waals surface area contributed by atoms with E-state index < -0.39 is 6.04 Å². The minimum Gasteiger partial charge on any atom is -0.339 e.